The lowest BCUT2D eigenvalue weighted by Crippen LogP contribution is -2.27. The maximum Gasteiger partial charge on any atom is 0.260 e. The highest BCUT2D eigenvalue weighted by Crippen LogP contribution is 2.36. The molecule has 27 heavy (non-hydrogen) atoms. The number of thiophene rings is 2. The Kier molecular flexibility index (Phi) is 5.66. The van der Waals surface area contributed by atoms with E-state index >= 15 is 0 Å². The first-order chi connectivity index (χ1) is 13.1. The molecule has 0 radical (unpaired) electrons. The van der Waals surface area contributed by atoms with Gasteiger partial charge in [0.25, 0.3) is 5.56 Å². The van der Waals surface area contributed by atoms with E-state index in [-0.39, 0.29) is 17.2 Å². The first kappa shape index (κ1) is 18.7. The zero-order chi connectivity index (χ0) is 18.8. The lowest BCUT2D eigenvalue weighted by atomic mass is 9.89. The monoisotopic (exact) mass is 419 g/mol. The van der Waals surface area contributed by atoms with Gasteiger partial charge in [-0.05, 0) is 48.6 Å². The summed E-state index contributed by atoms with van der Waals surface area (Å²) in [5.74, 6) is 0.871. The van der Waals surface area contributed by atoms with Crippen molar-refractivity contribution < 1.29 is 4.79 Å². The number of aromatic amines is 1. The molecule has 0 saturated carbocycles. The summed E-state index contributed by atoms with van der Waals surface area (Å²) < 4.78 is 0. The minimum atomic E-state index is -0.0762. The number of nitrogens with one attached hydrogen (secondary N) is 2. The molecule has 3 aromatic rings. The van der Waals surface area contributed by atoms with Crippen LogP contribution in [0.15, 0.2) is 27.5 Å². The van der Waals surface area contributed by atoms with Crippen molar-refractivity contribution in [3.63, 3.8) is 0 Å². The predicted molar refractivity (Wildman–Crippen MR) is 113 cm³/mol. The Balaban J connectivity index is 1.39. The van der Waals surface area contributed by atoms with E-state index in [1.165, 1.54) is 27.1 Å². The molecule has 0 fully saturated rings. The summed E-state index contributed by atoms with van der Waals surface area (Å²) in [4.78, 5) is 35.4. The summed E-state index contributed by atoms with van der Waals surface area (Å²) in [5.41, 5.74) is 1.11. The summed E-state index contributed by atoms with van der Waals surface area (Å²) in [6, 6.07) is 4.08. The Bertz CT molecular complexity index is 1010. The van der Waals surface area contributed by atoms with Crippen LogP contribution in [0.2, 0.25) is 0 Å². The van der Waals surface area contributed by atoms with E-state index in [0.29, 0.717) is 17.6 Å². The third-order valence-electron chi connectivity index (χ3n) is 4.76. The van der Waals surface area contributed by atoms with Gasteiger partial charge < -0.3 is 10.3 Å². The number of hydrogen-bond acceptors (Lipinski definition) is 6. The van der Waals surface area contributed by atoms with Crippen LogP contribution in [0.3, 0.4) is 0 Å². The third kappa shape index (κ3) is 4.28. The molecule has 3 heterocycles. The van der Waals surface area contributed by atoms with E-state index in [1.54, 1.807) is 22.7 Å². The van der Waals surface area contributed by atoms with Crippen LogP contribution in [0.25, 0.3) is 10.2 Å². The molecule has 1 aliphatic carbocycles. The molecule has 0 aromatic carbocycles. The molecular formula is C19H21N3O2S3. The van der Waals surface area contributed by atoms with Crippen LogP contribution in [0.1, 0.15) is 28.7 Å². The number of hydrogen-bond donors (Lipinski definition) is 2. The summed E-state index contributed by atoms with van der Waals surface area (Å²) in [7, 11) is 0. The second-order valence-electron chi connectivity index (χ2n) is 6.87. The molecular weight excluding hydrogens is 398 g/mol. The van der Waals surface area contributed by atoms with Gasteiger partial charge in [0.1, 0.15) is 4.83 Å². The van der Waals surface area contributed by atoms with E-state index in [4.69, 9.17) is 0 Å². The van der Waals surface area contributed by atoms with Crippen molar-refractivity contribution in [1.29, 1.82) is 0 Å². The first-order valence-corrected chi connectivity index (χ1v) is 11.7. The molecule has 1 aliphatic rings. The lowest BCUT2D eigenvalue weighted by Gasteiger charge is -2.17. The number of aromatic nitrogens is 2. The molecule has 0 aliphatic heterocycles. The van der Waals surface area contributed by atoms with Gasteiger partial charge in [-0.2, -0.15) is 0 Å². The summed E-state index contributed by atoms with van der Waals surface area (Å²) >= 11 is 4.61. The molecule has 0 bridgehead atoms. The van der Waals surface area contributed by atoms with E-state index in [1.807, 2.05) is 11.4 Å². The smallest absolute Gasteiger partial charge is 0.260 e. The first-order valence-electron chi connectivity index (χ1n) is 9.06. The number of thioether (sulfide) groups is 1. The highest BCUT2D eigenvalue weighted by atomic mass is 32.2. The van der Waals surface area contributed by atoms with Crippen molar-refractivity contribution in [2.45, 2.75) is 37.8 Å². The zero-order valence-corrected chi connectivity index (χ0v) is 17.5. The van der Waals surface area contributed by atoms with Crippen LogP contribution in [-0.2, 0) is 24.1 Å². The van der Waals surface area contributed by atoms with Crippen molar-refractivity contribution in [2.24, 2.45) is 5.92 Å². The molecule has 5 nitrogen and oxygen atoms in total. The molecule has 142 valence electrons. The molecule has 0 spiro atoms. The van der Waals surface area contributed by atoms with Gasteiger partial charge >= 0.3 is 0 Å². The minimum Gasteiger partial charge on any atom is -0.355 e. The number of fused-ring (bicyclic) bond motifs is 3. The zero-order valence-electron chi connectivity index (χ0n) is 15.0. The number of aryl methyl sites for hydroxylation is 1. The number of amides is 1. The van der Waals surface area contributed by atoms with Gasteiger partial charge in [0, 0.05) is 16.3 Å². The van der Waals surface area contributed by atoms with Crippen molar-refractivity contribution in [1.82, 2.24) is 15.3 Å². The second kappa shape index (κ2) is 8.16. The van der Waals surface area contributed by atoms with Crippen molar-refractivity contribution in [2.75, 3.05) is 12.3 Å². The maximum absolute atomic E-state index is 12.6. The van der Waals surface area contributed by atoms with Crippen LogP contribution in [-0.4, -0.2) is 28.2 Å². The lowest BCUT2D eigenvalue weighted by molar-refractivity contribution is -0.118. The molecule has 0 unspecified atom stereocenters. The van der Waals surface area contributed by atoms with E-state index in [2.05, 4.69) is 28.3 Å². The Morgan fingerprint density at radius 1 is 1.48 bits per heavy atom. The Morgan fingerprint density at radius 2 is 2.37 bits per heavy atom. The number of carbonyl (C=O) groups is 1. The topological polar surface area (TPSA) is 74.8 Å². The van der Waals surface area contributed by atoms with E-state index < -0.39 is 0 Å². The van der Waals surface area contributed by atoms with Crippen molar-refractivity contribution in [3.05, 3.63) is 43.2 Å². The van der Waals surface area contributed by atoms with Crippen LogP contribution >= 0.6 is 34.4 Å². The Labute approximate surface area is 169 Å². The largest absolute Gasteiger partial charge is 0.355 e. The fourth-order valence-corrected chi connectivity index (χ4v) is 6.20. The summed E-state index contributed by atoms with van der Waals surface area (Å²) in [5, 5.41) is 6.23. The van der Waals surface area contributed by atoms with Gasteiger partial charge in [0.15, 0.2) is 5.16 Å². The van der Waals surface area contributed by atoms with Gasteiger partial charge in [0.05, 0.1) is 11.1 Å². The fourth-order valence-electron chi connectivity index (χ4n) is 3.36. The number of H-pyrrole nitrogens is 1. The van der Waals surface area contributed by atoms with Crippen LogP contribution in [0.4, 0.5) is 0 Å². The van der Waals surface area contributed by atoms with Gasteiger partial charge in [-0.1, -0.05) is 24.8 Å². The van der Waals surface area contributed by atoms with E-state index in [9.17, 15) is 9.59 Å². The SMILES string of the molecule is C[C@@H]1CCc2c(sc3nc(SCC(=O)NCCc4cccs4)[nH]c(=O)c23)C1. The maximum atomic E-state index is 12.6. The highest BCUT2D eigenvalue weighted by molar-refractivity contribution is 7.99. The number of rotatable bonds is 6. The number of carbonyl (C=O) groups excluding carboxylic acids is 1. The molecule has 8 heteroatoms. The minimum absolute atomic E-state index is 0.0430. The van der Waals surface area contributed by atoms with Gasteiger partial charge in [-0.15, -0.1) is 22.7 Å². The average molecular weight is 420 g/mol. The van der Waals surface area contributed by atoms with Crippen LogP contribution in [0, 0.1) is 5.92 Å². The molecule has 1 atom stereocenters. The fraction of sp³-hybridized carbons (Fsp3) is 0.421. The molecule has 3 aromatic heterocycles. The Morgan fingerprint density at radius 3 is 3.19 bits per heavy atom. The van der Waals surface area contributed by atoms with Crippen molar-refractivity contribution in [3.8, 4) is 0 Å². The van der Waals surface area contributed by atoms with Crippen LogP contribution in [0.5, 0.6) is 0 Å². The van der Waals surface area contributed by atoms with Gasteiger partial charge in [0.2, 0.25) is 5.91 Å². The molecule has 1 amide bonds. The highest BCUT2D eigenvalue weighted by Gasteiger charge is 2.23. The van der Waals surface area contributed by atoms with Crippen molar-refractivity contribution >= 4 is 50.6 Å². The molecule has 4 rings (SSSR count). The summed E-state index contributed by atoms with van der Waals surface area (Å²) in [6.07, 6.45) is 3.96. The summed E-state index contributed by atoms with van der Waals surface area (Å²) in [6.45, 7) is 2.88. The van der Waals surface area contributed by atoms with Gasteiger partial charge in [-0.3, -0.25) is 9.59 Å². The van der Waals surface area contributed by atoms with Gasteiger partial charge in [-0.25, -0.2) is 4.98 Å². The van der Waals surface area contributed by atoms with Crippen LogP contribution < -0.4 is 10.9 Å². The molecule has 2 N–H and O–H groups in total. The average Bonchev–Trinajstić information content (AvgIpc) is 3.26. The van der Waals surface area contributed by atoms with E-state index in [0.717, 1.165) is 35.9 Å². The quantitative estimate of drug-likeness (QED) is 0.473. The predicted octanol–water partition coefficient (Wildman–Crippen LogP) is 3.62. The number of nitrogens with zero attached hydrogens (tertiary/aromatic N) is 1. The normalized spacial score (nSPS) is 16.4. The Hall–Kier alpha value is -1.64. The second-order valence-corrected chi connectivity index (χ2v) is 9.95. The third-order valence-corrected chi connectivity index (χ3v) is 7.72. The molecule has 0 saturated heterocycles. The standard InChI is InChI=1S/C19H21N3O2S3/c1-11-4-5-13-14(9-11)27-18-16(13)17(24)21-19(22-18)26-10-15(23)20-7-6-12-3-2-8-25-12/h2-3,8,11H,4-7,9-10H2,1H3,(H,20,23)(H,21,22,24)/t11-/m1/s1.